The Labute approximate surface area is 194 Å². The fraction of sp³-hybridized carbons (Fsp3) is 0.423. The summed E-state index contributed by atoms with van der Waals surface area (Å²) in [5.74, 6) is -0.250. The number of para-hydroxylation sites is 1. The first-order valence-electron chi connectivity index (χ1n) is 11.8. The van der Waals surface area contributed by atoms with Crippen molar-refractivity contribution in [3.8, 4) is 5.75 Å². The third-order valence-electron chi connectivity index (χ3n) is 6.24. The lowest BCUT2D eigenvalue weighted by Gasteiger charge is -2.18. The van der Waals surface area contributed by atoms with E-state index in [0.717, 1.165) is 43.5 Å². The molecule has 1 saturated heterocycles. The Morgan fingerprint density at radius 2 is 1.79 bits per heavy atom. The van der Waals surface area contributed by atoms with Crippen molar-refractivity contribution in [3.05, 3.63) is 54.1 Å². The molecular weight excluding hydrogens is 418 g/mol. The van der Waals surface area contributed by atoms with Crippen LogP contribution in [0.5, 0.6) is 5.75 Å². The number of rotatable bonds is 8. The lowest BCUT2D eigenvalue weighted by Crippen LogP contribution is -2.34. The van der Waals surface area contributed by atoms with Gasteiger partial charge in [-0.05, 0) is 55.7 Å². The SMILES string of the molecule is CCCOc1ccc(N2C[C@@H](C(=O)Nc3ccccc3C(=O)NC3CCCC3)CC2=O)cc1. The van der Waals surface area contributed by atoms with Crippen molar-refractivity contribution >= 4 is 29.1 Å². The highest BCUT2D eigenvalue weighted by Gasteiger charge is 2.35. The summed E-state index contributed by atoms with van der Waals surface area (Å²) in [6.45, 7) is 2.99. The quantitative estimate of drug-likeness (QED) is 0.634. The number of amides is 3. The van der Waals surface area contributed by atoms with Crippen molar-refractivity contribution in [1.82, 2.24) is 5.32 Å². The van der Waals surface area contributed by atoms with Gasteiger partial charge in [-0.25, -0.2) is 0 Å². The van der Waals surface area contributed by atoms with Crippen LogP contribution in [-0.4, -0.2) is 36.9 Å². The minimum absolute atomic E-state index is 0.0929. The maximum atomic E-state index is 13.0. The zero-order chi connectivity index (χ0) is 23.2. The number of ether oxygens (including phenoxy) is 1. The van der Waals surface area contributed by atoms with Crippen LogP contribution in [-0.2, 0) is 9.59 Å². The van der Waals surface area contributed by atoms with Gasteiger partial charge in [-0.2, -0.15) is 0 Å². The van der Waals surface area contributed by atoms with E-state index in [4.69, 9.17) is 4.74 Å². The van der Waals surface area contributed by atoms with Crippen molar-refractivity contribution < 1.29 is 19.1 Å². The summed E-state index contributed by atoms with van der Waals surface area (Å²) in [7, 11) is 0. The Bertz CT molecular complexity index is 999. The molecule has 2 aromatic carbocycles. The second kappa shape index (κ2) is 10.5. The Kier molecular flexibility index (Phi) is 7.27. The van der Waals surface area contributed by atoms with Gasteiger partial charge in [-0.3, -0.25) is 14.4 Å². The molecule has 7 nitrogen and oxygen atoms in total. The molecule has 174 valence electrons. The summed E-state index contributed by atoms with van der Waals surface area (Å²) in [6, 6.07) is 14.6. The number of nitrogens with zero attached hydrogens (tertiary/aromatic N) is 1. The zero-order valence-electron chi connectivity index (χ0n) is 19.0. The van der Waals surface area contributed by atoms with Gasteiger partial charge >= 0.3 is 0 Å². The van der Waals surface area contributed by atoms with E-state index in [2.05, 4.69) is 10.6 Å². The average Bonchev–Trinajstić information content (AvgIpc) is 3.48. The summed E-state index contributed by atoms with van der Waals surface area (Å²) in [5, 5.41) is 5.95. The molecule has 33 heavy (non-hydrogen) atoms. The highest BCUT2D eigenvalue weighted by Crippen LogP contribution is 2.28. The normalized spacial score (nSPS) is 18.4. The largest absolute Gasteiger partial charge is 0.494 e. The van der Waals surface area contributed by atoms with Gasteiger partial charge in [0.15, 0.2) is 0 Å². The second-order valence-corrected chi connectivity index (χ2v) is 8.74. The average molecular weight is 450 g/mol. The standard InChI is InChI=1S/C26H31N3O4/c1-2-15-33-21-13-11-20(12-14-21)29-17-18(16-24(29)30)25(31)28-23-10-6-5-9-22(23)26(32)27-19-7-3-4-8-19/h5-6,9-14,18-19H,2-4,7-8,15-17H2,1H3,(H,27,32)(H,28,31)/t18-/m0/s1. The van der Waals surface area contributed by atoms with Crippen LogP contribution in [0.2, 0.25) is 0 Å². The van der Waals surface area contributed by atoms with Gasteiger partial charge in [0.2, 0.25) is 11.8 Å². The molecule has 1 aliphatic carbocycles. The van der Waals surface area contributed by atoms with E-state index >= 15 is 0 Å². The van der Waals surface area contributed by atoms with E-state index in [0.29, 0.717) is 24.4 Å². The van der Waals surface area contributed by atoms with E-state index in [1.165, 1.54) is 0 Å². The molecule has 1 heterocycles. The number of hydrogen-bond donors (Lipinski definition) is 2. The summed E-state index contributed by atoms with van der Waals surface area (Å²) in [5.41, 5.74) is 1.67. The first-order valence-corrected chi connectivity index (χ1v) is 11.8. The van der Waals surface area contributed by atoms with Gasteiger partial charge in [-0.15, -0.1) is 0 Å². The highest BCUT2D eigenvalue weighted by molar-refractivity contribution is 6.07. The van der Waals surface area contributed by atoms with E-state index in [-0.39, 0.29) is 30.2 Å². The lowest BCUT2D eigenvalue weighted by molar-refractivity contribution is -0.122. The van der Waals surface area contributed by atoms with Crippen molar-refractivity contribution in [3.63, 3.8) is 0 Å². The van der Waals surface area contributed by atoms with Crippen molar-refractivity contribution in [2.45, 2.75) is 51.5 Å². The van der Waals surface area contributed by atoms with E-state index in [1.807, 2.05) is 31.2 Å². The number of carbonyl (C=O) groups is 3. The second-order valence-electron chi connectivity index (χ2n) is 8.74. The Hall–Kier alpha value is -3.35. The molecule has 3 amide bonds. The fourth-order valence-corrected chi connectivity index (χ4v) is 4.43. The summed E-state index contributed by atoms with van der Waals surface area (Å²) in [4.78, 5) is 40.0. The lowest BCUT2D eigenvalue weighted by atomic mass is 10.1. The summed E-state index contributed by atoms with van der Waals surface area (Å²) >= 11 is 0. The third-order valence-corrected chi connectivity index (χ3v) is 6.24. The fourth-order valence-electron chi connectivity index (χ4n) is 4.43. The number of benzene rings is 2. The van der Waals surface area contributed by atoms with E-state index < -0.39 is 5.92 Å². The molecule has 1 saturated carbocycles. The Balaban J connectivity index is 1.39. The Morgan fingerprint density at radius 1 is 1.06 bits per heavy atom. The van der Waals surface area contributed by atoms with Crippen molar-refractivity contribution in [1.29, 1.82) is 0 Å². The van der Waals surface area contributed by atoms with Gasteiger partial charge in [0.25, 0.3) is 5.91 Å². The predicted octanol–water partition coefficient (Wildman–Crippen LogP) is 4.14. The minimum Gasteiger partial charge on any atom is -0.494 e. The molecule has 0 aromatic heterocycles. The highest BCUT2D eigenvalue weighted by atomic mass is 16.5. The van der Waals surface area contributed by atoms with Crippen LogP contribution >= 0.6 is 0 Å². The first kappa shape index (κ1) is 22.8. The molecule has 0 spiro atoms. The summed E-state index contributed by atoms with van der Waals surface area (Å²) in [6.07, 6.45) is 5.30. The molecule has 7 heteroatoms. The maximum Gasteiger partial charge on any atom is 0.253 e. The number of carbonyl (C=O) groups excluding carboxylic acids is 3. The first-order chi connectivity index (χ1) is 16.0. The smallest absolute Gasteiger partial charge is 0.253 e. The molecule has 0 radical (unpaired) electrons. The molecule has 0 bridgehead atoms. The number of nitrogens with one attached hydrogen (secondary N) is 2. The summed E-state index contributed by atoms with van der Waals surface area (Å²) < 4.78 is 5.60. The van der Waals surface area contributed by atoms with Crippen LogP contribution in [0.1, 0.15) is 55.8 Å². The molecule has 2 N–H and O–H groups in total. The van der Waals surface area contributed by atoms with Crippen LogP contribution in [0.25, 0.3) is 0 Å². The van der Waals surface area contributed by atoms with E-state index in [9.17, 15) is 14.4 Å². The van der Waals surface area contributed by atoms with Crippen molar-refractivity contribution in [2.75, 3.05) is 23.4 Å². The molecule has 2 aromatic rings. The monoisotopic (exact) mass is 449 g/mol. The van der Waals surface area contributed by atoms with Crippen LogP contribution in [0.15, 0.2) is 48.5 Å². The van der Waals surface area contributed by atoms with E-state index in [1.54, 1.807) is 29.2 Å². The number of anilines is 2. The third kappa shape index (κ3) is 5.53. The van der Waals surface area contributed by atoms with Gasteiger partial charge < -0.3 is 20.3 Å². The molecule has 1 aliphatic heterocycles. The van der Waals surface area contributed by atoms with Crippen LogP contribution in [0, 0.1) is 5.92 Å². The maximum absolute atomic E-state index is 13.0. The molecule has 0 unspecified atom stereocenters. The van der Waals surface area contributed by atoms with Gasteiger partial charge in [-0.1, -0.05) is 31.9 Å². The predicted molar refractivity (Wildman–Crippen MR) is 127 cm³/mol. The molecule has 2 fully saturated rings. The molecular formula is C26H31N3O4. The molecule has 4 rings (SSSR count). The minimum atomic E-state index is -0.487. The topological polar surface area (TPSA) is 87.7 Å². The van der Waals surface area contributed by atoms with Crippen LogP contribution < -0.4 is 20.3 Å². The van der Waals surface area contributed by atoms with Gasteiger partial charge in [0.05, 0.1) is 23.8 Å². The van der Waals surface area contributed by atoms with Crippen LogP contribution in [0.4, 0.5) is 11.4 Å². The zero-order valence-corrected chi connectivity index (χ0v) is 19.0. The van der Waals surface area contributed by atoms with Crippen molar-refractivity contribution in [2.24, 2.45) is 5.92 Å². The molecule has 1 atom stereocenters. The van der Waals surface area contributed by atoms with Gasteiger partial charge in [0, 0.05) is 24.7 Å². The van der Waals surface area contributed by atoms with Gasteiger partial charge in [0.1, 0.15) is 5.75 Å². The van der Waals surface area contributed by atoms with Crippen LogP contribution in [0.3, 0.4) is 0 Å². The Morgan fingerprint density at radius 3 is 2.52 bits per heavy atom. The number of hydrogen-bond acceptors (Lipinski definition) is 4. The molecule has 2 aliphatic rings.